The van der Waals surface area contributed by atoms with E-state index in [9.17, 15) is 14.7 Å². The van der Waals surface area contributed by atoms with Crippen LogP contribution in [0.25, 0.3) is 0 Å². The fourth-order valence-electron chi connectivity index (χ4n) is 3.02. The number of hydrogen-bond donors (Lipinski definition) is 2. The Kier molecular flexibility index (Phi) is 5.40. The summed E-state index contributed by atoms with van der Waals surface area (Å²) in [7, 11) is 0. The summed E-state index contributed by atoms with van der Waals surface area (Å²) >= 11 is 0. The van der Waals surface area contributed by atoms with Crippen LogP contribution in [0.4, 0.5) is 0 Å². The third-order valence-electron chi connectivity index (χ3n) is 4.37. The predicted octanol–water partition coefficient (Wildman–Crippen LogP) is 0.686. The van der Waals surface area contributed by atoms with E-state index in [-0.39, 0.29) is 18.2 Å². The Labute approximate surface area is 146 Å². The summed E-state index contributed by atoms with van der Waals surface area (Å²) in [5.74, 6) is -0.545. The van der Waals surface area contributed by atoms with Gasteiger partial charge in [0.2, 0.25) is 11.8 Å². The van der Waals surface area contributed by atoms with Gasteiger partial charge in [-0.25, -0.2) is 0 Å². The quantitative estimate of drug-likeness (QED) is 0.839. The molecule has 1 aliphatic rings. The molecule has 0 aliphatic carbocycles. The molecule has 0 saturated heterocycles. The highest BCUT2D eigenvalue weighted by molar-refractivity contribution is 5.88. The minimum atomic E-state index is -0.917. The van der Waals surface area contributed by atoms with Gasteiger partial charge in [-0.1, -0.05) is 24.3 Å². The van der Waals surface area contributed by atoms with Gasteiger partial charge in [-0.15, -0.1) is 0 Å². The molecule has 1 aromatic heterocycles. The lowest BCUT2D eigenvalue weighted by Gasteiger charge is -2.31. The number of nitrogens with zero attached hydrogens (tertiary/aromatic N) is 2. The standard InChI is InChI=1S/C19H21N3O3/c23-13-17(21-18(24)11-14-5-8-20-9-6-14)19(25)22-10-7-15-3-1-2-4-16(15)12-22/h1-6,8-9,17,23H,7,10-13H2,(H,21,24). The summed E-state index contributed by atoms with van der Waals surface area (Å²) in [5.41, 5.74) is 3.17. The highest BCUT2D eigenvalue weighted by Crippen LogP contribution is 2.19. The van der Waals surface area contributed by atoms with Crippen molar-refractivity contribution < 1.29 is 14.7 Å². The highest BCUT2D eigenvalue weighted by atomic mass is 16.3. The largest absolute Gasteiger partial charge is 0.394 e. The topological polar surface area (TPSA) is 82.5 Å². The number of amides is 2. The lowest BCUT2D eigenvalue weighted by Crippen LogP contribution is -2.51. The normalized spacial score (nSPS) is 14.5. The first-order chi connectivity index (χ1) is 12.2. The number of aromatic nitrogens is 1. The SMILES string of the molecule is O=C(Cc1ccncc1)NC(CO)C(=O)N1CCc2ccccc2C1. The molecule has 2 aromatic rings. The van der Waals surface area contributed by atoms with Crippen LogP contribution in [-0.4, -0.2) is 46.0 Å². The van der Waals surface area contributed by atoms with E-state index in [0.717, 1.165) is 17.5 Å². The zero-order chi connectivity index (χ0) is 17.6. The average molecular weight is 339 g/mol. The molecule has 25 heavy (non-hydrogen) atoms. The van der Waals surface area contributed by atoms with Crippen LogP contribution >= 0.6 is 0 Å². The first-order valence-electron chi connectivity index (χ1n) is 8.32. The van der Waals surface area contributed by atoms with E-state index in [0.29, 0.717) is 13.1 Å². The molecule has 2 amide bonds. The Morgan fingerprint density at radius 3 is 2.60 bits per heavy atom. The van der Waals surface area contributed by atoms with Crippen molar-refractivity contribution in [3.05, 3.63) is 65.5 Å². The molecule has 3 rings (SSSR count). The van der Waals surface area contributed by atoms with Crippen molar-refractivity contribution >= 4 is 11.8 Å². The number of rotatable bonds is 5. The maximum Gasteiger partial charge on any atom is 0.247 e. The van der Waals surface area contributed by atoms with Crippen LogP contribution in [0.3, 0.4) is 0 Å². The van der Waals surface area contributed by atoms with E-state index >= 15 is 0 Å². The molecular weight excluding hydrogens is 318 g/mol. The van der Waals surface area contributed by atoms with Crippen molar-refractivity contribution in [2.24, 2.45) is 0 Å². The van der Waals surface area contributed by atoms with E-state index in [4.69, 9.17) is 0 Å². The van der Waals surface area contributed by atoms with Crippen molar-refractivity contribution in [2.45, 2.75) is 25.4 Å². The Morgan fingerprint density at radius 2 is 1.88 bits per heavy atom. The Hall–Kier alpha value is -2.73. The third kappa shape index (κ3) is 4.22. The van der Waals surface area contributed by atoms with Crippen molar-refractivity contribution in [3.63, 3.8) is 0 Å². The molecule has 6 heteroatoms. The molecule has 2 heterocycles. The zero-order valence-electron chi connectivity index (χ0n) is 13.9. The van der Waals surface area contributed by atoms with Gasteiger partial charge < -0.3 is 15.3 Å². The second-order valence-electron chi connectivity index (χ2n) is 6.11. The maximum atomic E-state index is 12.7. The molecule has 0 bridgehead atoms. The van der Waals surface area contributed by atoms with Crippen molar-refractivity contribution in [3.8, 4) is 0 Å². The second kappa shape index (κ2) is 7.90. The van der Waals surface area contributed by atoms with Crippen molar-refractivity contribution in [1.29, 1.82) is 0 Å². The first kappa shape index (κ1) is 17.1. The molecule has 1 aliphatic heterocycles. The van der Waals surface area contributed by atoms with Crippen LogP contribution in [0.2, 0.25) is 0 Å². The molecular formula is C19H21N3O3. The van der Waals surface area contributed by atoms with E-state index in [2.05, 4.69) is 16.4 Å². The van der Waals surface area contributed by atoms with Crippen LogP contribution in [0.15, 0.2) is 48.8 Å². The zero-order valence-corrected chi connectivity index (χ0v) is 13.9. The molecule has 0 saturated carbocycles. The number of benzene rings is 1. The van der Waals surface area contributed by atoms with Gasteiger partial charge >= 0.3 is 0 Å². The van der Waals surface area contributed by atoms with Gasteiger partial charge in [0.25, 0.3) is 0 Å². The maximum absolute atomic E-state index is 12.7. The summed E-state index contributed by atoms with van der Waals surface area (Å²) < 4.78 is 0. The highest BCUT2D eigenvalue weighted by Gasteiger charge is 2.27. The van der Waals surface area contributed by atoms with Crippen LogP contribution in [0.1, 0.15) is 16.7 Å². The molecule has 6 nitrogen and oxygen atoms in total. The fraction of sp³-hybridized carbons (Fsp3) is 0.316. The lowest BCUT2D eigenvalue weighted by atomic mass is 9.99. The van der Waals surface area contributed by atoms with Gasteiger partial charge in [-0.3, -0.25) is 14.6 Å². The van der Waals surface area contributed by atoms with E-state index in [1.165, 1.54) is 5.56 Å². The Bertz CT molecular complexity index is 749. The first-order valence-corrected chi connectivity index (χ1v) is 8.32. The second-order valence-corrected chi connectivity index (χ2v) is 6.11. The van der Waals surface area contributed by atoms with E-state index in [1.54, 1.807) is 29.4 Å². The van der Waals surface area contributed by atoms with Crippen molar-refractivity contribution in [2.75, 3.05) is 13.2 Å². The lowest BCUT2D eigenvalue weighted by molar-refractivity contribution is -0.138. The van der Waals surface area contributed by atoms with Crippen LogP contribution in [-0.2, 0) is 29.0 Å². The number of carbonyl (C=O) groups excluding carboxylic acids is 2. The van der Waals surface area contributed by atoms with Crippen LogP contribution in [0, 0.1) is 0 Å². The number of aliphatic hydroxyl groups is 1. The summed E-state index contributed by atoms with van der Waals surface area (Å²) in [4.78, 5) is 30.4. The van der Waals surface area contributed by atoms with Gasteiger partial charge in [0.1, 0.15) is 6.04 Å². The number of hydrogen-bond acceptors (Lipinski definition) is 4. The number of carbonyl (C=O) groups is 2. The number of fused-ring (bicyclic) bond motifs is 1. The number of aliphatic hydroxyl groups excluding tert-OH is 1. The van der Waals surface area contributed by atoms with Crippen molar-refractivity contribution in [1.82, 2.24) is 15.2 Å². The average Bonchev–Trinajstić information content (AvgIpc) is 2.66. The third-order valence-corrected chi connectivity index (χ3v) is 4.37. The Morgan fingerprint density at radius 1 is 1.16 bits per heavy atom. The van der Waals surface area contributed by atoms with Gasteiger partial charge in [0, 0.05) is 25.5 Å². The van der Waals surface area contributed by atoms with Crippen LogP contribution < -0.4 is 5.32 Å². The number of nitrogens with one attached hydrogen (secondary N) is 1. The predicted molar refractivity (Wildman–Crippen MR) is 92.5 cm³/mol. The fourth-order valence-corrected chi connectivity index (χ4v) is 3.02. The molecule has 130 valence electrons. The smallest absolute Gasteiger partial charge is 0.247 e. The van der Waals surface area contributed by atoms with E-state index in [1.807, 2.05) is 18.2 Å². The van der Waals surface area contributed by atoms with Gasteiger partial charge in [0.15, 0.2) is 0 Å². The number of pyridine rings is 1. The summed E-state index contributed by atoms with van der Waals surface area (Å²) in [6.07, 6.45) is 4.16. The minimum Gasteiger partial charge on any atom is -0.394 e. The molecule has 1 atom stereocenters. The summed E-state index contributed by atoms with van der Waals surface area (Å²) in [6, 6.07) is 10.6. The minimum absolute atomic E-state index is 0.148. The molecule has 0 fully saturated rings. The summed E-state index contributed by atoms with van der Waals surface area (Å²) in [6.45, 7) is 0.678. The molecule has 2 N–H and O–H groups in total. The van der Waals surface area contributed by atoms with Gasteiger partial charge in [-0.05, 0) is 35.2 Å². The monoisotopic (exact) mass is 339 g/mol. The molecule has 1 aromatic carbocycles. The Balaban J connectivity index is 1.61. The molecule has 0 spiro atoms. The van der Waals surface area contributed by atoms with Crippen LogP contribution in [0.5, 0.6) is 0 Å². The molecule has 1 unspecified atom stereocenters. The summed E-state index contributed by atoms with van der Waals surface area (Å²) in [5, 5.41) is 12.2. The van der Waals surface area contributed by atoms with Gasteiger partial charge in [0.05, 0.1) is 13.0 Å². The van der Waals surface area contributed by atoms with E-state index < -0.39 is 12.6 Å². The molecule has 0 radical (unpaired) electrons. The van der Waals surface area contributed by atoms with Gasteiger partial charge in [-0.2, -0.15) is 0 Å².